The quantitative estimate of drug-likeness (QED) is 0.857. The van der Waals surface area contributed by atoms with E-state index in [1.54, 1.807) is 0 Å². The topological polar surface area (TPSA) is 73.6 Å². The number of hydrogen-bond donors (Lipinski definition) is 2. The van der Waals surface area contributed by atoms with Gasteiger partial charge in [0.15, 0.2) is 11.5 Å². The first-order valence-electron chi connectivity index (χ1n) is 6.49. The number of primary amides is 1. The number of nitrogens with one attached hydrogen (secondary N) is 1. The summed E-state index contributed by atoms with van der Waals surface area (Å²) in [6, 6.07) is 3.94. The molecule has 1 amide bonds. The SMILES string of the molecule is CC(C)(CC(N)=O)NCc1cc(Br)c2c(c1)OCCO2. The summed E-state index contributed by atoms with van der Waals surface area (Å²) in [5.74, 6) is 1.18. The molecule has 0 saturated carbocycles. The van der Waals surface area contributed by atoms with Crippen LogP contribution in [0.4, 0.5) is 0 Å². The predicted octanol–water partition coefficient (Wildman–Crippen LogP) is 1.96. The Kier molecular flexibility index (Phi) is 4.55. The average molecular weight is 343 g/mol. The molecule has 0 fully saturated rings. The zero-order valence-electron chi connectivity index (χ0n) is 11.7. The molecule has 5 nitrogen and oxygen atoms in total. The van der Waals surface area contributed by atoms with Gasteiger partial charge in [-0.1, -0.05) is 0 Å². The summed E-state index contributed by atoms with van der Waals surface area (Å²) in [6.45, 7) is 5.64. The Morgan fingerprint density at radius 2 is 2.10 bits per heavy atom. The van der Waals surface area contributed by atoms with E-state index in [9.17, 15) is 4.79 Å². The zero-order chi connectivity index (χ0) is 14.8. The molecule has 6 heteroatoms. The third-order valence-corrected chi connectivity index (χ3v) is 3.63. The summed E-state index contributed by atoms with van der Waals surface area (Å²) in [6.07, 6.45) is 0.290. The minimum absolute atomic E-state index is 0.290. The summed E-state index contributed by atoms with van der Waals surface area (Å²) < 4.78 is 12.0. The monoisotopic (exact) mass is 342 g/mol. The summed E-state index contributed by atoms with van der Waals surface area (Å²) in [7, 11) is 0. The number of carbonyl (C=O) groups excluding carboxylic acids is 1. The van der Waals surface area contributed by atoms with E-state index in [2.05, 4.69) is 21.2 Å². The van der Waals surface area contributed by atoms with Crippen molar-refractivity contribution in [1.82, 2.24) is 5.32 Å². The van der Waals surface area contributed by atoms with E-state index in [0.29, 0.717) is 26.2 Å². The molecule has 3 N–H and O–H groups in total. The molecule has 0 unspecified atom stereocenters. The Bertz CT molecular complexity index is 517. The predicted molar refractivity (Wildman–Crippen MR) is 79.9 cm³/mol. The Labute approximate surface area is 126 Å². The van der Waals surface area contributed by atoms with Crippen LogP contribution in [0, 0.1) is 0 Å². The van der Waals surface area contributed by atoms with Gasteiger partial charge < -0.3 is 20.5 Å². The maximum Gasteiger partial charge on any atom is 0.219 e. The molecule has 0 spiro atoms. The number of rotatable bonds is 5. The fourth-order valence-corrected chi connectivity index (χ4v) is 2.71. The highest BCUT2D eigenvalue weighted by atomic mass is 79.9. The standard InChI is InChI=1S/C14H19BrN2O3/c1-14(2,7-12(16)18)17-8-9-5-10(15)13-11(6-9)19-3-4-20-13/h5-6,17H,3-4,7-8H2,1-2H3,(H2,16,18). The van der Waals surface area contributed by atoms with Gasteiger partial charge in [-0.3, -0.25) is 4.79 Å². The lowest BCUT2D eigenvalue weighted by molar-refractivity contribution is -0.119. The number of halogens is 1. The van der Waals surface area contributed by atoms with E-state index in [1.807, 2.05) is 26.0 Å². The van der Waals surface area contributed by atoms with Crippen LogP contribution < -0.4 is 20.5 Å². The fourth-order valence-electron chi connectivity index (χ4n) is 2.11. The number of fused-ring (bicyclic) bond motifs is 1. The molecular weight excluding hydrogens is 324 g/mol. The normalized spacial score (nSPS) is 14.2. The number of carbonyl (C=O) groups is 1. The van der Waals surface area contributed by atoms with Crippen molar-refractivity contribution in [1.29, 1.82) is 0 Å². The molecule has 1 heterocycles. The molecular formula is C14H19BrN2O3. The molecule has 0 aromatic heterocycles. The van der Waals surface area contributed by atoms with Crippen LogP contribution in [-0.2, 0) is 11.3 Å². The zero-order valence-corrected chi connectivity index (χ0v) is 13.2. The Hall–Kier alpha value is -1.27. The Morgan fingerprint density at radius 3 is 2.80 bits per heavy atom. The van der Waals surface area contributed by atoms with Gasteiger partial charge in [-0.25, -0.2) is 0 Å². The van der Waals surface area contributed by atoms with Crippen LogP contribution in [0.25, 0.3) is 0 Å². The van der Waals surface area contributed by atoms with Gasteiger partial charge in [0.1, 0.15) is 13.2 Å². The van der Waals surface area contributed by atoms with Crippen molar-refractivity contribution >= 4 is 21.8 Å². The van der Waals surface area contributed by atoms with E-state index in [0.717, 1.165) is 21.5 Å². The van der Waals surface area contributed by atoms with Crippen LogP contribution in [-0.4, -0.2) is 24.7 Å². The molecule has 110 valence electrons. The third-order valence-electron chi connectivity index (χ3n) is 3.04. The molecule has 0 atom stereocenters. The summed E-state index contributed by atoms with van der Waals surface area (Å²) in [5, 5.41) is 3.32. The van der Waals surface area contributed by atoms with Gasteiger partial charge in [0.05, 0.1) is 4.47 Å². The van der Waals surface area contributed by atoms with Crippen LogP contribution in [0.15, 0.2) is 16.6 Å². The van der Waals surface area contributed by atoms with E-state index in [1.165, 1.54) is 0 Å². The highest BCUT2D eigenvalue weighted by Gasteiger charge is 2.21. The maximum absolute atomic E-state index is 11.0. The molecule has 2 rings (SSSR count). The molecule has 0 aliphatic carbocycles. The summed E-state index contributed by atoms with van der Waals surface area (Å²) in [4.78, 5) is 11.0. The summed E-state index contributed by atoms with van der Waals surface area (Å²) >= 11 is 3.49. The average Bonchev–Trinajstić information content (AvgIpc) is 2.35. The largest absolute Gasteiger partial charge is 0.486 e. The second-order valence-corrected chi connectivity index (χ2v) is 6.34. The maximum atomic E-state index is 11.0. The van der Waals surface area contributed by atoms with Gasteiger partial charge >= 0.3 is 0 Å². The first-order chi connectivity index (χ1) is 9.37. The minimum Gasteiger partial charge on any atom is -0.486 e. The van der Waals surface area contributed by atoms with E-state index in [4.69, 9.17) is 15.2 Å². The van der Waals surface area contributed by atoms with Gasteiger partial charge in [-0.15, -0.1) is 0 Å². The number of hydrogen-bond acceptors (Lipinski definition) is 4. The van der Waals surface area contributed by atoms with Gasteiger partial charge in [0.2, 0.25) is 5.91 Å². The molecule has 1 aliphatic heterocycles. The molecule has 0 bridgehead atoms. The van der Waals surface area contributed by atoms with Crippen LogP contribution in [0.5, 0.6) is 11.5 Å². The smallest absolute Gasteiger partial charge is 0.219 e. The van der Waals surface area contributed by atoms with Crippen LogP contribution in [0.1, 0.15) is 25.8 Å². The fraction of sp³-hybridized carbons (Fsp3) is 0.500. The van der Waals surface area contributed by atoms with Gasteiger partial charge in [0, 0.05) is 18.5 Å². The lowest BCUT2D eigenvalue weighted by Crippen LogP contribution is -2.42. The van der Waals surface area contributed by atoms with Crippen molar-refractivity contribution in [2.45, 2.75) is 32.4 Å². The van der Waals surface area contributed by atoms with Crippen molar-refractivity contribution in [3.63, 3.8) is 0 Å². The van der Waals surface area contributed by atoms with Crippen molar-refractivity contribution in [3.05, 3.63) is 22.2 Å². The molecule has 1 aromatic rings. The lowest BCUT2D eigenvalue weighted by atomic mass is 10.00. The Balaban J connectivity index is 2.07. The van der Waals surface area contributed by atoms with E-state index < -0.39 is 0 Å². The van der Waals surface area contributed by atoms with Crippen LogP contribution in [0.2, 0.25) is 0 Å². The number of benzene rings is 1. The van der Waals surface area contributed by atoms with Gasteiger partial charge in [-0.05, 0) is 47.5 Å². The number of nitrogens with two attached hydrogens (primary N) is 1. The van der Waals surface area contributed by atoms with E-state index >= 15 is 0 Å². The first-order valence-corrected chi connectivity index (χ1v) is 7.28. The van der Waals surface area contributed by atoms with Gasteiger partial charge in [-0.2, -0.15) is 0 Å². The second-order valence-electron chi connectivity index (χ2n) is 5.48. The van der Waals surface area contributed by atoms with Crippen LogP contribution >= 0.6 is 15.9 Å². The molecule has 1 aromatic carbocycles. The van der Waals surface area contributed by atoms with Crippen LogP contribution in [0.3, 0.4) is 0 Å². The molecule has 1 aliphatic rings. The summed E-state index contributed by atoms with van der Waals surface area (Å²) in [5.41, 5.74) is 5.95. The number of ether oxygens (including phenoxy) is 2. The van der Waals surface area contributed by atoms with Crippen molar-refractivity contribution < 1.29 is 14.3 Å². The van der Waals surface area contributed by atoms with Crippen molar-refractivity contribution in [3.8, 4) is 11.5 Å². The minimum atomic E-state index is -0.342. The highest BCUT2D eigenvalue weighted by Crippen LogP contribution is 2.38. The number of amides is 1. The molecule has 20 heavy (non-hydrogen) atoms. The van der Waals surface area contributed by atoms with Gasteiger partial charge in [0.25, 0.3) is 0 Å². The highest BCUT2D eigenvalue weighted by molar-refractivity contribution is 9.10. The molecule has 0 saturated heterocycles. The molecule has 0 radical (unpaired) electrons. The Morgan fingerprint density at radius 1 is 1.40 bits per heavy atom. The van der Waals surface area contributed by atoms with E-state index in [-0.39, 0.29) is 11.4 Å². The van der Waals surface area contributed by atoms with Crippen molar-refractivity contribution in [2.75, 3.05) is 13.2 Å². The van der Waals surface area contributed by atoms with Crippen molar-refractivity contribution in [2.24, 2.45) is 5.73 Å². The second kappa shape index (κ2) is 6.01. The first kappa shape index (κ1) is 15.1. The third kappa shape index (κ3) is 3.86. The lowest BCUT2D eigenvalue weighted by Gasteiger charge is -2.26.